The summed E-state index contributed by atoms with van der Waals surface area (Å²) in [5.41, 5.74) is 13.0. The zero-order valence-electron chi connectivity index (χ0n) is 27.3. The van der Waals surface area contributed by atoms with Crippen LogP contribution in [0.1, 0.15) is 0 Å². The molecule has 1 aromatic heterocycles. The van der Waals surface area contributed by atoms with Gasteiger partial charge in [0.1, 0.15) is 5.52 Å². The summed E-state index contributed by atoms with van der Waals surface area (Å²) in [6.07, 6.45) is 0. The predicted octanol–water partition coefficient (Wildman–Crippen LogP) is 13.1. The second-order valence-corrected chi connectivity index (χ2v) is 12.4. The average Bonchev–Trinajstić information content (AvgIpc) is 3.65. The molecule has 1 heterocycles. The fourth-order valence-electron chi connectivity index (χ4n) is 6.70. The lowest BCUT2D eigenvalue weighted by Gasteiger charge is -2.26. The lowest BCUT2D eigenvalue weighted by Crippen LogP contribution is -2.09. The van der Waals surface area contributed by atoms with Crippen LogP contribution in [0.5, 0.6) is 0 Å². The number of hydrogen-bond acceptors (Lipinski definition) is 3. The summed E-state index contributed by atoms with van der Waals surface area (Å²) >= 11 is 0. The molecule has 0 aliphatic rings. The van der Waals surface area contributed by atoms with Crippen molar-refractivity contribution in [2.75, 3.05) is 4.90 Å². The van der Waals surface area contributed by atoms with E-state index in [0.29, 0.717) is 5.89 Å². The van der Waals surface area contributed by atoms with Gasteiger partial charge in [0.2, 0.25) is 5.89 Å². The molecule has 0 saturated carbocycles. The zero-order valence-corrected chi connectivity index (χ0v) is 27.3. The maximum atomic E-state index is 6.29. The highest BCUT2D eigenvalue weighted by molar-refractivity contribution is 6.03. The van der Waals surface area contributed by atoms with Crippen LogP contribution in [-0.4, -0.2) is 4.98 Å². The number of oxazole rings is 1. The lowest BCUT2D eigenvalue weighted by atomic mass is 10.0. The highest BCUT2D eigenvalue weighted by Crippen LogP contribution is 2.38. The maximum Gasteiger partial charge on any atom is 0.227 e. The van der Waals surface area contributed by atoms with Crippen molar-refractivity contribution in [3.63, 3.8) is 0 Å². The SMILES string of the molecule is c1ccc(-c2ccc(N(c3ccc(-c4ccccc4)cc3)c3ccc(-c4ccc(-c5nc6ccc7ccccc7c6o5)cc4)cc3)cc2)cc1. The van der Waals surface area contributed by atoms with Gasteiger partial charge in [0.25, 0.3) is 0 Å². The zero-order chi connectivity index (χ0) is 33.3. The van der Waals surface area contributed by atoms with Crippen LogP contribution in [0.3, 0.4) is 0 Å². The van der Waals surface area contributed by atoms with Crippen molar-refractivity contribution in [1.29, 1.82) is 0 Å². The predicted molar refractivity (Wildman–Crippen MR) is 208 cm³/mol. The molecule has 0 saturated heterocycles. The van der Waals surface area contributed by atoms with E-state index in [-0.39, 0.29) is 0 Å². The molecule has 0 bridgehead atoms. The normalized spacial score (nSPS) is 11.2. The van der Waals surface area contributed by atoms with Crippen molar-refractivity contribution in [2.24, 2.45) is 0 Å². The van der Waals surface area contributed by atoms with Gasteiger partial charge in [-0.3, -0.25) is 0 Å². The molecule has 50 heavy (non-hydrogen) atoms. The van der Waals surface area contributed by atoms with Crippen molar-refractivity contribution >= 4 is 38.9 Å². The van der Waals surface area contributed by atoms with Gasteiger partial charge in [-0.2, -0.15) is 0 Å². The second-order valence-electron chi connectivity index (χ2n) is 12.4. The minimum atomic E-state index is 0.630. The number of benzene rings is 8. The van der Waals surface area contributed by atoms with Crippen LogP contribution in [0.4, 0.5) is 17.1 Å². The molecule has 3 nitrogen and oxygen atoms in total. The molecular weight excluding hydrogens is 609 g/mol. The first kappa shape index (κ1) is 29.4. The molecule has 0 unspecified atom stereocenters. The van der Waals surface area contributed by atoms with Crippen molar-refractivity contribution in [1.82, 2.24) is 4.98 Å². The first-order valence-electron chi connectivity index (χ1n) is 16.9. The van der Waals surface area contributed by atoms with Gasteiger partial charge in [-0.05, 0) is 93.4 Å². The van der Waals surface area contributed by atoms with Crippen molar-refractivity contribution in [3.05, 3.63) is 194 Å². The number of rotatable bonds is 7. The smallest absolute Gasteiger partial charge is 0.227 e. The summed E-state index contributed by atoms with van der Waals surface area (Å²) in [5, 5.41) is 2.22. The van der Waals surface area contributed by atoms with E-state index in [4.69, 9.17) is 9.40 Å². The molecule has 0 atom stereocenters. The van der Waals surface area contributed by atoms with Gasteiger partial charge in [-0.15, -0.1) is 0 Å². The van der Waals surface area contributed by atoms with E-state index in [1.54, 1.807) is 0 Å². The Hall–Kier alpha value is -6.71. The second kappa shape index (κ2) is 12.7. The third-order valence-electron chi connectivity index (χ3n) is 9.34. The average molecular weight is 641 g/mol. The third kappa shape index (κ3) is 5.61. The molecule has 236 valence electrons. The van der Waals surface area contributed by atoms with Crippen LogP contribution in [0.2, 0.25) is 0 Å². The molecule has 0 N–H and O–H groups in total. The highest BCUT2D eigenvalue weighted by Gasteiger charge is 2.15. The van der Waals surface area contributed by atoms with Gasteiger partial charge >= 0.3 is 0 Å². The Kier molecular flexibility index (Phi) is 7.49. The Morgan fingerprint density at radius 3 is 1.24 bits per heavy atom. The molecule has 0 fully saturated rings. The van der Waals surface area contributed by atoms with E-state index in [1.165, 1.54) is 22.3 Å². The lowest BCUT2D eigenvalue weighted by molar-refractivity contribution is 0.623. The monoisotopic (exact) mass is 640 g/mol. The molecule has 3 heteroatoms. The standard InChI is InChI=1S/C47H32N2O/c1-3-9-33(10-4-1)36-19-26-41(27-20-36)49(42-28-21-37(22-29-42)34-11-5-2-6-12-34)43-30-23-38(24-31-43)35-15-17-40(18-16-35)47-48-45-32-25-39-13-7-8-14-44(39)46(45)50-47/h1-32H. The van der Waals surface area contributed by atoms with Gasteiger partial charge in [-0.25, -0.2) is 4.98 Å². The molecular formula is C47H32N2O. The van der Waals surface area contributed by atoms with Crippen molar-refractivity contribution < 1.29 is 4.42 Å². The van der Waals surface area contributed by atoms with Crippen LogP contribution in [-0.2, 0) is 0 Å². The van der Waals surface area contributed by atoms with Gasteiger partial charge in [0.15, 0.2) is 5.58 Å². The molecule has 0 spiro atoms. The van der Waals surface area contributed by atoms with Crippen LogP contribution in [0.25, 0.3) is 66.7 Å². The summed E-state index contributed by atoms with van der Waals surface area (Å²) in [6, 6.07) is 68.2. The third-order valence-corrected chi connectivity index (χ3v) is 9.34. The molecule has 9 rings (SSSR count). The number of anilines is 3. The van der Waals surface area contributed by atoms with Crippen LogP contribution in [0, 0.1) is 0 Å². The van der Waals surface area contributed by atoms with Crippen LogP contribution >= 0.6 is 0 Å². The van der Waals surface area contributed by atoms with E-state index in [9.17, 15) is 0 Å². The fraction of sp³-hybridized carbons (Fsp3) is 0. The van der Waals surface area contributed by atoms with E-state index in [0.717, 1.165) is 55.6 Å². The topological polar surface area (TPSA) is 29.3 Å². The molecule has 0 aliphatic carbocycles. The van der Waals surface area contributed by atoms with E-state index >= 15 is 0 Å². The molecule has 8 aromatic carbocycles. The summed E-state index contributed by atoms with van der Waals surface area (Å²) in [4.78, 5) is 7.11. The van der Waals surface area contributed by atoms with Gasteiger partial charge in [-0.1, -0.05) is 140 Å². The number of aromatic nitrogens is 1. The Bertz CT molecular complexity index is 2450. The highest BCUT2D eigenvalue weighted by atomic mass is 16.3. The summed E-state index contributed by atoms with van der Waals surface area (Å²) in [5.74, 6) is 0.630. The van der Waals surface area contributed by atoms with E-state index < -0.39 is 0 Å². The Morgan fingerprint density at radius 1 is 0.340 bits per heavy atom. The minimum absolute atomic E-state index is 0.630. The van der Waals surface area contributed by atoms with Gasteiger partial charge in [0.05, 0.1) is 0 Å². The number of nitrogens with zero attached hydrogens (tertiary/aromatic N) is 2. The van der Waals surface area contributed by atoms with Gasteiger partial charge < -0.3 is 9.32 Å². The van der Waals surface area contributed by atoms with E-state index in [1.807, 2.05) is 18.2 Å². The number of fused-ring (bicyclic) bond motifs is 3. The Balaban J connectivity index is 1.02. The Labute approximate surface area is 291 Å². The fourth-order valence-corrected chi connectivity index (χ4v) is 6.70. The van der Waals surface area contributed by atoms with Crippen molar-refractivity contribution in [2.45, 2.75) is 0 Å². The molecule has 0 amide bonds. The largest absolute Gasteiger partial charge is 0.435 e. The minimum Gasteiger partial charge on any atom is -0.435 e. The molecule has 0 radical (unpaired) electrons. The van der Waals surface area contributed by atoms with Crippen LogP contribution in [0.15, 0.2) is 199 Å². The van der Waals surface area contributed by atoms with Gasteiger partial charge in [0, 0.05) is 28.0 Å². The summed E-state index contributed by atoms with van der Waals surface area (Å²) in [7, 11) is 0. The summed E-state index contributed by atoms with van der Waals surface area (Å²) < 4.78 is 6.29. The first-order valence-corrected chi connectivity index (χ1v) is 16.9. The Morgan fingerprint density at radius 2 is 0.740 bits per heavy atom. The number of hydrogen-bond donors (Lipinski definition) is 0. The van der Waals surface area contributed by atoms with E-state index in [2.05, 4.69) is 181 Å². The first-order chi connectivity index (χ1) is 24.8. The quantitative estimate of drug-likeness (QED) is 0.174. The molecule has 9 aromatic rings. The maximum absolute atomic E-state index is 6.29. The molecule has 0 aliphatic heterocycles. The van der Waals surface area contributed by atoms with Crippen LogP contribution < -0.4 is 4.90 Å². The summed E-state index contributed by atoms with van der Waals surface area (Å²) in [6.45, 7) is 0. The van der Waals surface area contributed by atoms with Crippen molar-refractivity contribution in [3.8, 4) is 44.8 Å².